The van der Waals surface area contributed by atoms with Gasteiger partial charge >= 0.3 is 0 Å². The highest BCUT2D eigenvalue weighted by Gasteiger charge is 2.39. The molecular formula is C48H36BNOS. The van der Waals surface area contributed by atoms with Gasteiger partial charge in [0.25, 0.3) is 6.71 Å². The topological polar surface area (TPSA) is 14.2 Å². The van der Waals surface area contributed by atoms with E-state index in [4.69, 9.17) is 4.74 Å². The summed E-state index contributed by atoms with van der Waals surface area (Å²) in [4.78, 5) is 2.63. The highest BCUT2D eigenvalue weighted by molar-refractivity contribution is 8.00. The average molecular weight is 686 g/mol. The Morgan fingerprint density at radius 3 is 1.87 bits per heavy atom. The van der Waals surface area contributed by atoms with Crippen LogP contribution in [0.1, 0.15) is 43.2 Å². The van der Waals surface area contributed by atoms with Gasteiger partial charge in [-0.1, -0.05) is 146 Å². The number of nitrogens with zero attached hydrogens (tertiary/aromatic N) is 1. The van der Waals surface area contributed by atoms with Crippen molar-refractivity contribution in [2.45, 2.75) is 47.3 Å². The van der Waals surface area contributed by atoms with Crippen molar-refractivity contribution in [2.75, 3.05) is 0 Å². The fraction of sp³-hybridized carbons (Fsp3) is 0.125. The molecule has 1 saturated carbocycles. The molecule has 0 unspecified atom stereocenters. The van der Waals surface area contributed by atoms with Gasteiger partial charge in [0.1, 0.15) is 11.5 Å². The molecule has 2 aliphatic heterocycles. The first kappa shape index (κ1) is 30.2. The summed E-state index contributed by atoms with van der Waals surface area (Å²) in [5.74, 6) is 1.94. The van der Waals surface area contributed by atoms with Crippen molar-refractivity contribution in [3.05, 3.63) is 169 Å². The van der Waals surface area contributed by atoms with Gasteiger partial charge in [0.15, 0.2) is 0 Å². The largest absolute Gasteiger partial charge is 0.458 e. The lowest BCUT2D eigenvalue weighted by Gasteiger charge is -2.39. The van der Waals surface area contributed by atoms with Gasteiger partial charge in [-0.2, -0.15) is 0 Å². The highest BCUT2D eigenvalue weighted by atomic mass is 32.2. The number of para-hydroxylation sites is 3. The Morgan fingerprint density at radius 2 is 1.13 bits per heavy atom. The fourth-order valence-corrected chi connectivity index (χ4v) is 10.8. The van der Waals surface area contributed by atoms with E-state index in [-0.39, 0.29) is 12.1 Å². The summed E-state index contributed by atoms with van der Waals surface area (Å²) in [6.45, 7) is 0.191. The third-order valence-electron chi connectivity index (χ3n) is 12.0. The van der Waals surface area contributed by atoms with Crippen molar-refractivity contribution in [2.24, 2.45) is 0 Å². The predicted molar refractivity (Wildman–Crippen MR) is 218 cm³/mol. The number of benzene rings is 7. The Bertz CT molecular complexity index is 2540. The van der Waals surface area contributed by atoms with Crippen molar-refractivity contribution in [3.63, 3.8) is 0 Å². The minimum atomic E-state index is 0.0115. The Labute approximate surface area is 309 Å². The molecule has 0 saturated heterocycles. The molecule has 3 aliphatic rings. The van der Waals surface area contributed by atoms with Crippen molar-refractivity contribution in [1.82, 2.24) is 4.57 Å². The number of aromatic nitrogens is 1. The summed E-state index contributed by atoms with van der Waals surface area (Å²) in [6.07, 6.45) is 6.16. The van der Waals surface area contributed by atoms with E-state index in [9.17, 15) is 0 Å². The monoisotopic (exact) mass is 685 g/mol. The zero-order valence-electron chi connectivity index (χ0n) is 28.9. The van der Waals surface area contributed by atoms with E-state index in [1.165, 1.54) is 108 Å². The minimum absolute atomic E-state index is 0.0115. The fourth-order valence-electron chi connectivity index (χ4n) is 9.57. The van der Waals surface area contributed by atoms with Crippen molar-refractivity contribution < 1.29 is 4.74 Å². The molecule has 0 N–H and O–H groups in total. The molecule has 7 aromatic carbocycles. The van der Waals surface area contributed by atoms with Crippen LogP contribution in [0.25, 0.3) is 38.6 Å². The Hall–Kier alpha value is -5.45. The van der Waals surface area contributed by atoms with Crippen LogP contribution in [0.4, 0.5) is 0 Å². The Balaban J connectivity index is 0.968. The van der Waals surface area contributed by atoms with Crippen molar-refractivity contribution in [1.29, 1.82) is 0 Å². The van der Waals surface area contributed by atoms with Crippen LogP contribution in [0.15, 0.2) is 168 Å². The first-order valence-corrected chi connectivity index (χ1v) is 19.5. The van der Waals surface area contributed by atoms with Gasteiger partial charge in [-0.05, 0) is 94.6 Å². The second kappa shape index (κ2) is 11.8. The maximum Gasteiger partial charge on any atom is 0.253 e. The van der Waals surface area contributed by atoms with Crippen LogP contribution in [0.3, 0.4) is 0 Å². The first-order chi connectivity index (χ1) is 25.7. The summed E-state index contributed by atoms with van der Waals surface area (Å²) in [5.41, 5.74) is 12.9. The zero-order chi connectivity index (χ0) is 34.2. The molecule has 0 radical (unpaired) electrons. The predicted octanol–water partition coefficient (Wildman–Crippen LogP) is 10.8. The molecule has 4 heteroatoms. The van der Waals surface area contributed by atoms with Crippen LogP contribution in [0, 0.1) is 0 Å². The second-order valence-electron chi connectivity index (χ2n) is 14.7. The Kier molecular flexibility index (Phi) is 6.85. The van der Waals surface area contributed by atoms with Crippen molar-refractivity contribution >= 4 is 56.7 Å². The lowest BCUT2D eigenvalue weighted by atomic mass is 9.35. The molecule has 52 heavy (non-hydrogen) atoms. The van der Waals surface area contributed by atoms with Gasteiger partial charge < -0.3 is 9.30 Å². The molecule has 0 atom stereocenters. The molecule has 3 heterocycles. The molecule has 1 fully saturated rings. The lowest BCUT2D eigenvalue weighted by molar-refractivity contribution is 0.346. The van der Waals surface area contributed by atoms with Crippen LogP contribution in [0.5, 0.6) is 11.5 Å². The number of ether oxygens (including phenoxy) is 1. The quantitative estimate of drug-likeness (QED) is 0.171. The van der Waals surface area contributed by atoms with Gasteiger partial charge in [-0.3, -0.25) is 0 Å². The lowest BCUT2D eigenvalue weighted by Crippen LogP contribution is -2.57. The molecule has 8 aromatic rings. The molecule has 11 rings (SSSR count). The Morgan fingerprint density at radius 1 is 0.519 bits per heavy atom. The van der Waals surface area contributed by atoms with Gasteiger partial charge in [-0.25, -0.2) is 0 Å². The summed E-state index contributed by atoms with van der Waals surface area (Å²) in [6, 6.07) is 58.7. The van der Waals surface area contributed by atoms with E-state index < -0.39 is 0 Å². The molecule has 0 amide bonds. The smallest absolute Gasteiger partial charge is 0.253 e. The van der Waals surface area contributed by atoms with Crippen LogP contribution >= 0.6 is 11.8 Å². The molecule has 1 aromatic heterocycles. The molecule has 0 bridgehead atoms. The van der Waals surface area contributed by atoms with Gasteiger partial charge in [0.2, 0.25) is 0 Å². The minimum Gasteiger partial charge on any atom is -0.458 e. The van der Waals surface area contributed by atoms with Crippen LogP contribution in [-0.4, -0.2) is 11.3 Å². The first-order valence-electron chi connectivity index (χ1n) is 18.7. The van der Waals surface area contributed by atoms with Gasteiger partial charge in [-0.15, -0.1) is 0 Å². The third kappa shape index (κ3) is 4.53. The molecular weight excluding hydrogens is 649 g/mol. The van der Waals surface area contributed by atoms with E-state index in [0.717, 1.165) is 11.5 Å². The summed E-state index contributed by atoms with van der Waals surface area (Å²) in [5, 5.41) is 2.60. The summed E-state index contributed by atoms with van der Waals surface area (Å²) in [7, 11) is 0. The van der Waals surface area contributed by atoms with Gasteiger partial charge in [0.05, 0.1) is 11.0 Å². The van der Waals surface area contributed by atoms with E-state index in [1.807, 2.05) is 11.8 Å². The van der Waals surface area contributed by atoms with Crippen LogP contribution in [-0.2, 0) is 5.41 Å². The number of hydrogen-bond donors (Lipinski definition) is 0. The van der Waals surface area contributed by atoms with E-state index in [0.29, 0.717) is 0 Å². The summed E-state index contributed by atoms with van der Waals surface area (Å²) < 4.78 is 9.08. The van der Waals surface area contributed by atoms with Gasteiger partial charge in [0, 0.05) is 31.7 Å². The van der Waals surface area contributed by atoms with E-state index in [2.05, 4.69) is 162 Å². The van der Waals surface area contributed by atoms with Crippen molar-refractivity contribution in [3.8, 4) is 28.3 Å². The SMILES string of the molecule is c1ccc2c(c1)Oc1cc(-c3ccc(C4(c5ccc(-n6c7ccccc7c7ccccc76)cc5)CCCCC4)cc3)cc3c1B2c1ccccc1S3. The molecule has 248 valence electrons. The molecule has 1 aliphatic carbocycles. The van der Waals surface area contributed by atoms with E-state index in [1.54, 1.807) is 0 Å². The normalized spacial score (nSPS) is 15.5. The maximum absolute atomic E-state index is 6.66. The molecule has 0 spiro atoms. The zero-order valence-corrected chi connectivity index (χ0v) is 29.7. The number of fused-ring (bicyclic) bond motifs is 7. The summed E-state index contributed by atoms with van der Waals surface area (Å²) >= 11 is 1.87. The van der Waals surface area contributed by atoms with Crippen LogP contribution in [0.2, 0.25) is 0 Å². The average Bonchev–Trinajstić information content (AvgIpc) is 3.55. The third-order valence-corrected chi connectivity index (χ3v) is 13.2. The standard InChI is InChI=1S/C48H36BNOS/c1-10-28-48(29-11-1,35-24-26-36(27-25-35)50-41-16-6-2-12-37(41)38-13-3-7-17-42(38)50)34-22-20-32(21-23-34)33-30-44-47-46(31-33)52-45-19-9-5-15-40(45)49(47)39-14-4-8-18-43(39)51-44/h2-9,12-27,30-31H,1,10-11,28-29H2. The van der Waals surface area contributed by atoms with E-state index >= 15 is 0 Å². The number of hydrogen-bond acceptors (Lipinski definition) is 2. The second-order valence-corrected chi connectivity index (χ2v) is 15.8. The van der Waals surface area contributed by atoms with Crippen LogP contribution < -0.4 is 21.1 Å². The number of rotatable bonds is 4. The molecule has 2 nitrogen and oxygen atoms in total. The highest BCUT2D eigenvalue weighted by Crippen LogP contribution is 2.46. The maximum atomic E-state index is 6.66.